The third-order valence-electron chi connectivity index (χ3n) is 2.44. The van der Waals surface area contributed by atoms with E-state index in [2.05, 4.69) is 20.6 Å². The van der Waals surface area contributed by atoms with E-state index in [9.17, 15) is 4.79 Å². The van der Waals surface area contributed by atoms with Crippen LogP contribution >= 0.6 is 10.5 Å². The van der Waals surface area contributed by atoms with Crippen LogP contribution in [0.15, 0.2) is 54.2 Å². The van der Waals surface area contributed by atoms with Gasteiger partial charge in [0.2, 0.25) is 0 Å². The Bertz CT molecular complexity index is 635. The molecule has 6 nitrogen and oxygen atoms in total. The maximum absolute atomic E-state index is 11.7. The van der Waals surface area contributed by atoms with Crippen molar-refractivity contribution < 1.29 is 9.53 Å². The lowest BCUT2D eigenvalue weighted by atomic mass is 10.4. The van der Waals surface area contributed by atoms with Gasteiger partial charge in [-0.25, -0.2) is 4.79 Å². The molecule has 2 aromatic heterocycles. The van der Waals surface area contributed by atoms with Crippen LogP contribution in [0, 0.1) is 0 Å². The predicted octanol–water partition coefficient (Wildman–Crippen LogP) is 2.80. The fourth-order valence-electron chi connectivity index (χ4n) is 1.61. The van der Waals surface area contributed by atoms with Crippen LogP contribution in [0.4, 0.5) is 0 Å². The van der Waals surface area contributed by atoms with Crippen LogP contribution in [-0.4, -0.2) is 33.2 Å². The van der Waals surface area contributed by atoms with Gasteiger partial charge in [0.05, 0.1) is 6.61 Å². The first-order chi connectivity index (χ1) is 10.3. The number of ether oxygens (including phenoxy) is 1. The van der Waals surface area contributed by atoms with Crippen molar-refractivity contribution in [3.63, 3.8) is 0 Å². The van der Waals surface area contributed by atoms with Gasteiger partial charge in [0.15, 0.2) is 11.2 Å². The molecule has 0 fully saturated rings. The molecule has 0 saturated heterocycles. The Labute approximate surface area is 124 Å². The Morgan fingerprint density at radius 3 is 2.62 bits per heavy atom. The van der Waals surface area contributed by atoms with Gasteiger partial charge in [-0.05, 0) is 25.1 Å². The molecule has 0 aliphatic rings. The minimum atomic E-state index is -0.254. The Kier molecular flexibility index (Phi) is 5.60. The first-order valence-corrected chi connectivity index (χ1v) is 7.62. The van der Waals surface area contributed by atoms with E-state index < -0.39 is 0 Å². The van der Waals surface area contributed by atoms with Crippen molar-refractivity contribution in [2.45, 2.75) is 6.92 Å². The molecule has 1 aromatic carbocycles. The number of aromatic nitrogens is 4. The summed E-state index contributed by atoms with van der Waals surface area (Å²) >= 11 is 0. The molecule has 3 rings (SSSR count). The Morgan fingerprint density at radius 1 is 1.24 bits per heavy atom. The number of benzene rings is 1. The number of esters is 1. The fraction of sp³-hybridized carbons (Fsp3) is 0.143. The van der Waals surface area contributed by atoms with E-state index in [1.54, 1.807) is 0 Å². The van der Waals surface area contributed by atoms with E-state index in [1.165, 1.54) is 6.33 Å². The summed E-state index contributed by atoms with van der Waals surface area (Å²) in [6.45, 7) is 2.24. The summed E-state index contributed by atoms with van der Waals surface area (Å²) in [5.74, 6) is -0.209. The summed E-state index contributed by atoms with van der Waals surface area (Å²) in [6.07, 6.45) is 1.33. The molecular weight excluding hydrogens is 288 g/mol. The lowest BCUT2D eigenvalue weighted by Crippen LogP contribution is -2.02. The molecule has 0 aliphatic carbocycles. The maximum Gasteiger partial charge on any atom is 0.391 e. The van der Waals surface area contributed by atoms with Gasteiger partial charge >= 0.3 is 5.97 Å². The van der Waals surface area contributed by atoms with Crippen molar-refractivity contribution in [1.82, 2.24) is 20.6 Å². The normalized spacial score (nSPS) is 10.4. The van der Waals surface area contributed by atoms with Gasteiger partial charge in [-0.1, -0.05) is 23.4 Å². The van der Waals surface area contributed by atoms with Crippen LogP contribution < -0.4 is 0 Å². The standard InChI is InChI=1S/C13H13O2S.CH2N4/c1-2-15-13(14)12-9-6-10-16(12)11-7-4-3-5-8-11;1-2-4-5-3-1/h3-10H,2H2,1H3;1H,(H,2,3,4,5)/q+1;. The number of thiophene rings is 1. The SMILES string of the molecule is CCOC(=O)c1ccc[s+]1-c1ccccc1.c1nn[nH]n1. The molecule has 1 N–H and O–H groups in total. The maximum atomic E-state index is 11.7. The fourth-order valence-corrected chi connectivity index (χ4v) is 3.32. The number of hydrogen-bond acceptors (Lipinski definition) is 5. The highest BCUT2D eigenvalue weighted by Crippen LogP contribution is 2.35. The molecule has 108 valence electrons. The monoisotopic (exact) mass is 303 g/mol. The lowest BCUT2D eigenvalue weighted by molar-refractivity contribution is 0.0532. The molecular formula is C14H15N4O2S+. The number of carbonyl (C=O) groups is 1. The van der Waals surface area contributed by atoms with E-state index in [1.807, 2.05) is 54.8 Å². The average molecular weight is 303 g/mol. The molecule has 0 amide bonds. The van der Waals surface area contributed by atoms with Crippen molar-refractivity contribution >= 4 is 16.4 Å². The van der Waals surface area contributed by atoms with E-state index >= 15 is 0 Å². The number of tetrazole rings is 1. The topological polar surface area (TPSA) is 80.8 Å². The van der Waals surface area contributed by atoms with Crippen LogP contribution in [0.25, 0.3) is 4.90 Å². The molecule has 2 heterocycles. The predicted molar refractivity (Wildman–Crippen MR) is 80.4 cm³/mol. The summed E-state index contributed by atoms with van der Waals surface area (Å²) in [4.78, 5) is 13.6. The smallest absolute Gasteiger partial charge is 0.391 e. The third-order valence-corrected chi connectivity index (χ3v) is 4.43. The van der Waals surface area contributed by atoms with Gasteiger partial charge in [-0.2, -0.15) is 5.21 Å². The Morgan fingerprint density at radius 2 is 2.05 bits per heavy atom. The zero-order valence-electron chi connectivity index (χ0n) is 11.5. The number of H-pyrrole nitrogens is 1. The van der Waals surface area contributed by atoms with E-state index in [0.29, 0.717) is 6.61 Å². The largest absolute Gasteiger partial charge is 0.459 e. The number of hydrogen-bond donors (Lipinski definition) is 1. The van der Waals surface area contributed by atoms with Crippen LogP contribution in [0.1, 0.15) is 16.6 Å². The zero-order valence-corrected chi connectivity index (χ0v) is 12.3. The van der Waals surface area contributed by atoms with Crippen LogP contribution in [0.5, 0.6) is 0 Å². The number of nitrogens with zero attached hydrogens (tertiary/aromatic N) is 3. The third kappa shape index (κ3) is 4.22. The summed E-state index contributed by atoms with van der Waals surface area (Å²) < 4.78 is 5.04. The second kappa shape index (κ2) is 7.91. The highest BCUT2D eigenvalue weighted by molar-refractivity contribution is 7.39. The Hall–Kier alpha value is -2.54. The molecule has 0 spiro atoms. The first kappa shape index (κ1) is 14.9. The van der Waals surface area contributed by atoms with Crippen molar-refractivity contribution in [2.24, 2.45) is 0 Å². The van der Waals surface area contributed by atoms with E-state index in [-0.39, 0.29) is 16.4 Å². The zero-order chi connectivity index (χ0) is 14.9. The van der Waals surface area contributed by atoms with E-state index in [4.69, 9.17) is 4.74 Å². The molecule has 1 atom stereocenters. The quantitative estimate of drug-likeness (QED) is 0.594. The number of carbonyl (C=O) groups excluding carboxylic acids is 1. The molecule has 1 unspecified atom stereocenters. The average Bonchev–Trinajstić information content (AvgIpc) is 3.23. The highest BCUT2D eigenvalue weighted by Gasteiger charge is 2.23. The van der Waals surface area contributed by atoms with Crippen molar-refractivity contribution in [2.75, 3.05) is 6.61 Å². The van der Waals surface area contributed by atoms with E-state index in [0.717, 1.165) is 9.77 Å². The highest BCUT2D eigenvalue weighted by atomic mass is 32.2. The minimum absolute atomic E-state index is 0.209. The molecule has 0 aliphatic heterocycles. The summed E-state index contributed by atoms with van der Waals surface area (Å²) in [7, 11) is -0.254. The van der Waals surface area contributed by atoms with Crippen molar-refractivity contribution in [3.8, 4) is 4.90 Å². The molecule has 7 heteroatoms. The molecule has 0 radical (unpaired) electrons. The second-order valence-electron chi connectivity index (χ2n) is 3.79. The van der Waals surface area contributed by atoms with Crippen LogP contribution in [0.3, 0.4) is 0 Å². The Balaban J connectivity index is 0.000000272. The van der Waals surface area contributed by atoms with Gasteiger partial charge in [0, 0.05) is 16.5 Å². The number of aromatic amines is 1. The summed E-state index contributed by atoms with van der Waals surface area (Å²) in [5.41, 5.74) is 0. The minimum Gasteiger partial charge on any atom is -0.459 e. The van der Waals surface area contributed by atoms with Crippen LogP contribution in [0.2, 0.25) is 0 Å². The molecule has 3 aromatic rings. The molecule has 21 heavy (non-hydrogen) atoms. The van der Waals surface area contributed by atoms with Crippen molar-refractivity contribution in [1.29, 1.82) is 0 Å². The lowest BCUT2D eigenvalue weighted by Gasteiger charge is -1.97. The molecule has 0 bridgehead atoms. The second-order valence-corrected chi connectivity index (χ2v) is 5.65. The summed E-state index contributed by atoms with van der Waals surface area (Å²) in [5, 5.41) is 14.2. The van der Waals surface area contributed by atoms with Crippen LogP contribution in [-0.2, 0) is 4.74 Å². The van der Waals surface area contributed by atoms with Gasteiger partial charge in [-0.15, -0.1) is 10.2 Å². The first-order valence-electron chi connectivity index (χ1n) is 6.33. The summed E-state index contributed by atoms with van der Waals surface area (Å²) in [6, 6.07) is 13.8. The van der Waals surface area contributed by atoms with Gasteiger partial charge < -0.3 is 4.74 Å². The number of nitrogens with one attached hydrogen (secondary N) is 1. The van der Waals surface area contributed by atoms with Crippen molar-refractivity contribution in [3.05, 3.63) is 59.0 Å². The van der Waals surface area contributed by atoms with Gasteiger partial charge in [-0.3, -0.25) is 0 Å². The number of rotatable bonds is 3. The van der Waals surface area contributed by atoms with Gasteiger partial charge in [0.25, 0.3) is 4.88 Å². The van der Waals surface area contributed by atoms with Gasteiger partial charge in [0.1, 0.15) is 5.38 Å². The molecule has 0 saturated carbocycles.